The zero-order chi connectivity index (χ0) is 31.5. The average molecular weight is 591 g/mol. The molecule has 0 bridgehead atoms. The van der Waals surface area contributed by atoms with Crippen molar-refractivity contribution in [3.63, 3.8) is 0 Å². The van der Waals surface area contributed by atoms with E-state index in [-0.39, 0.29) is 12.8 Å². The Bertz CT molecular complexity index is 918. The van der Waals surface area contributed by atoms with E-state index >= 15 is 0 Å². The standard InChI is InChI=1S/C26H38O15/c1-2-3-4-5-6-7-8-9-10-11-12-13-14-15-16-17-18(27)40-41-23(36)26(22(34)35,39-24(37)38)25(19(28)29,20(30)31)21(32)33/h9-10H,2-8,11-17H2,1H3,(H,28,29)(H,30,31)(H,32,33)(H,34,35)(H,37,38)/b10-9-. The van der Waals surface area contributed by atoms with Gasteiger partial charge in [-0.3, -0.25) is 14.4 Å². The van der Waals surface area contributed by atoms with E-state index in [2.05, 4.69) is 33.6 Å². The predicted molar refractivity (Wildman–Crippen MR) is 136 cm³/mol. The highest BCUT2D eigenvalue weighted by Gasteiger charge is 2.81. The van der Waals surface area contributed by atoms with Gasteiger partial charge in [0.05, 0.1) is 6.42 Å². The Labute approximate surface area is 236 Å². The lowest BCUT2D eigenvalue weighted by Gasteiger charge is -2.34. The lowest BCUT2D eigenvalue weighted by Crippen LogP contribution is -2.71. The Kier molecular flexibility index (Phi) is 17.1. The zero-order valence-corrected chi connectivity index (χ0v) is 22.9. The van der Waals surface area contributed by atoms with Crippen LogP contribution in [-0.4, -0.2) is 73.1 Å². The molecule has 0 amide bonds. The molecule has 0 heterocycles. The van der Waals surface area contributed by atoms with Gasteiger partial charge in [0.15, 0.2) is 0 Å². The number of carbonyl (C=O) groups is 7. The van der Waals surface area contributed by atoms with Crippen LogP contribution in [0.3, 0.4) is 0 Å². The van der Waals surface area contributed by atoms with Crippen LogP contribution in [-0.2, 0) is 43.3 Å². The summed E-state index contributed by atoms with van der Waals surface area (Å²) in [5, 5.41) is 46.1. The van der Waals surface area contributed by atoms with Gasteiger partial charge < -0.3 is 30.3 Å². The summed E-state index contributed by atoms with van der Waals surface area (Å²) in [4.78, 5) is 90.1. The summed E-state index contributed by atoms with van der Waals surface area (Å²) in [6.07, 6.45) is 14.0. The molecule has 15 nitrogen and oxygen atoms in total. The van der Waals surface area contributed by atoms with Gasteiger partial charge in [-0.1, -0.05) is 70.4 Å². The molecule has 15 heteroatoms. The fourth-order valence-electron chi connectivity index (χ4n) is 3.94. The Morgan fingerprint density at radius 1 is 0.585 bits per heavy atom. The first-order valence-electron chi connectivity index (χ1n) is 13.2. The van der Waals surface area contributed by atoms with Crippen LogP contribution in [0.5, 0.6) is 0 Å². The number of carboxylic acids is 4. The molecule has 0 aliphatic carbocycles. The number of hydrogen-bond acceptors (Lipinski definition) is 10. The van der Waals surface area contributed by atoms with Crippen molar-refractivity contribution >= 4 is 42.0 Å². The van der Waals surface area contributed by atoms with Crippen LogP contribution in [0.2, 0.25) is 0 Å². The Hall–Kier alpha value is -4.17. The van der Waals surface area contributed by atoms with Crippen LogP contribution in [0.1, 0.15) is 96.8 Å². The minimum Gasteiger partial charge on any atom is -0.480 e. The lowest BCUT2D eigenvalue weighted by atomic mass is 9.71. The van der Waals surface area contributed by atoms with Gasteiger partial charge in [0, 0.05) is 0 Å². The van der Waals surface area contributed by atoms with Gasteiger partial charge in [-0.2, -0.15) is 0 Å². The molecule has 0 rings (SSSR count). The number of allylic oxidation sites excluding steroid dienone is 2. The van der Waals surface area contributed by atoms with Crippen LogP contribution >= 0.6 is 0 Å². The SMILES string of the molecule is CCCCCCCC/C=C\CCCCCCCC(=O)OOC(=O)C(OC(=O)O)(C(=O)O)C(C(=O)O)(C(=O)O)C(=O)O. The highest BCUT2D eigenvalue weighted by atomic mass is 17.2. The molecule has 0 fully saturated rings. The van der Waals surface area contributed by atoms with Crippen LogP contribution in [0.4, 0.5) is 4.79 Å². The Morgan fingerprint density at radius 2 is 1.02 bits per heavy atom. The molecular weight excluding hydrogens is 552 g/mol. The van der Waals surface area contributed by atoms with Gasteiger partial charge in [-0.25, -0.2) is 29.0 Å². The summed E-state index contributed by atoms with van der Waals surface area (Å²) in [5.41, 5.74) is -9.50. The van der Waals surface area contributed by atoms with E-state index in [1.807, 2.05) is 0 Å². The molecule has 0 saturated carbocycles. The third kappa shape index (κ3) is 10.7. The van der Waals surface area contributed by atoms with E-state index in [0.717, 1.165) is 32.1 Å². The van der Waals surface area contributed by atoms with Crippen molar-refractivity contribution in [1.82, 2.24) is 0 Å². The summed E-state index contributed by atoms with van der Waals surface area (Å²) < 4.78 is 3.74. The first kappa shape index (κ1) is 36.8. The van der Waals surface area contributed by atoms with E-state index < -0.39 is 53.0 Å². The highest BCUT2D eigenvalue weighted by Crippen LogP contribution is 2.39. The maximum atomic E-state index is 12.5. The lowest BCUT2D eigenvalue weighted by molar-refractivity contribution is -0.277. The molecule has 0 aromatic rings. The largest absolute Gasteiger partial charge is 0.507 e. The molecule has 0 aromatic heterocycles. The number of carboxylic acid groups (broad SMARTS) is 5. The first-order valence-corrected chi connectivity index (χ1v) is 13.2. The molecule has 1 atom stereocenters. The normalized spacial score (nSPS) is 12.7. The molecule has 0 radical (unpaired) electrons. The zero-order valence-electron chi connectivity index (χ0n) is 22.9. The molecule has 0 aliphatic rings. The second-order valence-corrected chi connectivity index (χ2v) is 9.18. The summed E-state index contributed by atoms with van der Waals surface area (Å²) in [6.45, 7) is 2.18. The second kappa shape index (κ2) is 19.0. The van der Waals surface area contributed by atoms with E-state index in [1.54, 1.807) is 0 Å². The maximum absolute atomic E-state index is 12.5. The molecule has 0 aromatic carbocycles. The van der Waals surface area contributed by atoms with Crippen molar-refractivity contribution in [2.45, 2.75) is 102 Å². The minimum atomic E-state index is -4.76. The molecule has 0 spiro atoms. The molecule has 5 N–H and O–H groups in total. The number of carbonyl (C=O) groups excluding carboxylic acids is 2. The maximum Gasteiger partial charge on any atom is 0.507 e. The second-order valence-electron chi connectivity index (χ2n) is 9.18. The molecule has 232 valence electrons. The van der Waals surface area contributed by atoms with Gasteiger partial charge in [0.1, 0.15) is 0 Å². The van der Waals surface area contributed by atoms with Crippen molar-refractivity contribution in [3.05, 3.63) is 12.2 Å². The number of hydrogen-bond donors (Lipinski definition) is 5. The highest BCUT2D eigenvalue weighted by molar-refractivity contribution is 6.27. The molecule has 0 aliphatic heterocycles. The molecule has 41 heavy (non-hydrogen) atoms. The topological polar surface area (TPSA) is 248 Å². The minimum absolute atomic E-state index is 0.239. The van der Waals surface area contributed by atoms with Crippen LogP contribution in [0, 0.1) is 5.41 Å². The number of rotatable bonds is 22. The van der Waals surface area contributed by atoms with Gasteiger partial charge >= 0.3 is 53.0 Å². The quantitative estimate of drug-likeness (QED) is 0.0300. The average Bonchev–Trinajstić information content (AvgIpc) is 2.88. The Morgan fingerprint density at radius 3 is 1.44 bits per heavy atom. The van der Waals surface area contributed by atoms with Crippen LogP contribution < -0.4 is 0 Å². The van der Waals surface area contributed by atoms with Gasteiger partial charge in [0.25, 0.3) is 0 Å². The van der Waals surface area contributed by atoms with Gasteiger partial charge in [0.2, 0.25) is 0 Å². The third-order valence-electron chi connectivity index (χ3n) is 6.17. The third-order valence-corrected chi connectivity index (χ3v) is 6.17. The number of aliphatic carboxylic acids is 4. The number of ether oxygens (including phenoxy) is 1. The molecular formula is C26H38O15. The van der Waals surface area contributed by atoms with E-state index in [0.29, 0.717) is 6.42 Å². The van der Waals surface area contributed by atoms with Crippen LogP contribution in [0.15, 0.2) is 12.2 Å². The fraction of sp³-hybridized carbons (Fsp3) is 0.654. The predicted octanol–water partition coefficient (Wildman–Crippen LogP) is 3.78. The van der Waals surface area contributed by atoms with E-state index in [9.17, 15) is 54.0 Å². The Balaban J connectivity index is 4.80. The van der Waals surface area contributed by atoms with Crippen molar-refractivity contribution in [3.8, 4) is 0 Å². The smallest absolute Gasteiger partial charge is 0.480 e. The van der Waals surface area contributed by atoms with Crippen molar-refractivity contribution < 1.29 is 73.6 Å². The summed E-state index contributed by atoms with van der Waals surface area (Å²) in [6, 6.07) is 0. The van der Waals surface area contributed by atoms with Gasteiger partial charge in [-0.05, 0) is 32.1 Å². The van der Waals surface area contributed by atoms with Gasteiger partial charge in [-0.15, -0.1) is 0 Å². The number of unbranched alkanes of at least 4 members (excludes halogenated alkanes) is 11. The fourth-order valence-corrected chi connectivity index (χ4v) is 3.94. The molecule has 0 saturated heterocycles. The summed E-state index contributed by atoms with van der Waals surface area (Å²) in [7, 11) is 0. The summed E-state index contributed by atoms with van der Waals surface area (Å²) in [5.74, 6) is -15.9. The van der Waals surface area contributed by atoms with Crippen LogP contribution in [0.25, 0.3) is 0 Å². The van der Waals surface area contributed by atoms with E-state index in [4.69, 9.17) is 5.11 Å². The van der Waals surface area contributed by atoms with Crippen molar-refractivity contribution in [1.29, 1.82) is 0 Å². The van der Waals surface area contributed by atoms with E-state index in [1.165, 1.54) is 38.5 Å². The molecule has 1 unspecified atom stereocenters. The first-order chi connectivity index (χ1) is 19.3. The monoisotopic (exact) mass is 590 g/mol. The summed E-state index contributed by atoms with van der Waals surface area (Å²) >= 11 is 0. The van der Waals surface area contributed by atoms with Crippen molar-refractivity contribution in [2.75, 3.05) is 0 Å². The van der Waals surface area contributed by atoms with Crippen molar-refractivity contribution in [2.24, 2.45) is 5.41 Å².